The summed E-state index contributed by atoms with van der Waals surface area (Å²) in [6.07, 6.45) is 4.25. The van der Waals surface area contributed by atoms with Crippen molar-refractivity contribution < 1.29 is 9.53 Å². The van der Waals surface area contributed by atoms with Crippen LogP contribution in [0.5, 0.6) is 0 Å². The van der Waals surface area contributed by atoms with Crippen LogP contribution < -0.4 is 0 Å². The lowest BCUT2D eigenvalue weighted by atomic mass is 10.1. The van der Waals surface area contributed by atoms with E-state index in [2.05, 4.69) is 17.1 Å². The second-order valence-corrected chi connectivity index (χ2v) is 4.36. The minimum Gasteiger partial charge on any atom is -0.462 e. The van der Waals surface area contributed by atoms with E-state index in [1.807, 2.05) is 6.92 Å². The van der Waals surface area contributed by atoms with Crippen LogP contribution in [-0.4, -0.2) is 22.8 Å². The summed E-state index contributed by atoms with van der Waals surface area (Å²) in [4.78, 5) is 11.9. The number of esters is 1. The summed E-state index contributed by atoms with van der Waals surface area (Å²) in [5.74, 6) is 0.275. The summed E-state index contributed by atoms with van der Waals surface area (Å²) >= 11 is 0. The maximum absolute atomic E-state index is 11.9. The molecule has 0 atom stereocenters. The van der Waals surface area contributed by atoms with E-state index in [-0.39, 0.29) is 5.97 Å². The van der Waals surface area contributed by atoms with Crippen molar-refractivity contribution >= 4 is 5.97 Å². The summed E-state index contributed by atoms with van der Waals surface area (Å²) in [6, 6.07) is 0. The van der Waals surface area contributed by atoms with Crippen LogP contribution in [0.1, 0.15) is 60.3 Å². The van der Waals surface area contributed by atoms with Crippen molar-refractivity contribution in [1.82, 2.24) is 10.2 Å². The molecule has 0 spiro atoms. The first kappa shape index (κ1) is 11.2. The average Bonchev–Trinajstić information content (AvgIpc) is 3.02. The highest BCUT2D eigenvalue weighted by Crippen LogP contribution is 2.41. The van der Waals surface area contributed by atoms with Crippen molar-refractivity contribution in [3.8, 4) is 0 Å². The third-order valence-electron chi connectivity index (χ3n) is 2.90. The standard InChI is InChI=1S/C12H18N2O2/c1-3-4-7-16-12(15)10-8(2)13-14-11(10)9-5-6-9/h9H,3-7H2,1-2H3,(H,13,14). The van der Waals surface area contributed by atoms with Gasteiger partial charge in [-0.2, -0.15) is 5.10 Å². The Balaban J connectivity index is 2.06. The number of hydrogen-bond donors (Lipinski definition) is 1. The fourth-order valence-electron chi connectivity index (χ4n) is 1.76. The molecule has 1 aromatic rings. The zero-order chi connectivity index (χ0) is 11.5. The van der Waals surface area contributed by atoms with E-state index in [4.69, 9.17) is 4.74 Å². The predicted octanol–water partition coefficient (Wildman–Crippen LogP) is 2.55. The van der Waals surface area contributed by atoms with Crippen molar-refractivity contribution in [3.05, 3.63) is 17.0 Å². The number of aromatic amines is 1. The van der Waals surface area contributed by atoms with Gasteiger partial charge in [0, 0.05) is 5.92 Å². The maximum atomic E-state index is 11.9. The quantitative estimate of drug-likeness (QED) is 0.615. The molecular weight excluding hydrogens is 204 g/mol. The van der Waals surface area contributed by atoms with Crippen LogP contribution in [0.2, 0.25) is 0 Å². The Morgan fingerprint density at radius 2 is 2.31 bits per heavy atom. The highest BCUT2D eigenvalue weighted by Gasteiger charge is 2.32. The summed E-state index contributed by atoms with van der Waals surface area (Å²) in [7, 11) is 0. The van der Waals surface area contributed by atoms with Gasteiger partial charge in [0.25, 0.3) is 0 Å². The van der Waals surface area contributed by atoms with Crippen molar-refractivity contribution in [1.29, 1.82) is 0 Å². The molecule has 0 aliphatic heterocycles. The Hall–Kier alpha value is -1.32. The van der Waals surface area contributed by atoms with Crippen LogP contribution in [0.25, 0.3) is 0 Å². The summed E-state index contributed by atoms with van der Waals surface area (Å²) < 4.78 is 5.23. The van der Waals surface area contributed by atoms with E-state index in [0.717, 1.165) is 37.1 Å². The SMILES string of the molecule is CCCCOC(=O)c1c(C)n[nH]c1C1CC1. The Morgan fingerprint density at radius 3 is 2.94 bits per heavy atom. The van der Waals surface area contributed by atoms with Gasteiger partial charge in [0.05, 0.1) is 18.0 Å². The molecule has 0 radical (unpaired) electrons. The number of nitrogens with one attached hydrogen (secondary N) is 1. The summed E-state index contributed by atoms with van der Waals surface area (Å²) in [5, 5.41) is 7.06. The van der Waals surface area contributed by atoms with Gasteiger partial charge in [0.15, 0.2) is 0 Å². The predicted molar refractivity (Wildman–Crippen MR) is 60.5 cm³/mol. The number of rotatable bonds is 5. The molecule has 0 unspecified atom stereocenters. The second-order valence-electron chi connectivity index (χ2n) is 4.36. The zero-order valence-corrected chi connectivity index (χ0v) is 9.88. The van der Waals surface area contributed by atoms with Crippen molar-refractivity contribution in [2.45, 2.75) is 45.4 Å². The van der Waals surface area contributed by atoms with E-state index < -0.39 is 0 Å². The van der Waals surface area contributed by atoms with Crippen LogP contribution in [0.4, 0.5) is 0 Å². The highest BCUT2D eigenvalue weighted by atomic mass is 16.5. The fourth-order valence-corrected chi connectivity index (χ4v) is 1.76. The number of ether oxygens (including phenoxy) is 1. The third-order valence-corrected chi connectivity index (χ3v) is 2.90. The lowest BCUT2D eigenvalue weighted by Crippen LogP contribution is -2.09. The molecule has 88 valence electrons. The molecule has 1 saturated carbocycles. The van der Waals surface area contributed by atoms with Gasteiger partial charge in [-0.25, -0.2) is 4.79 Å². The second kappa shape index (κ2) is 4.68. The van der Waals surface area contributed by atoms with Gasteiger partial charge < -0.3 is 4.74 Å². The monoisotopic (exact) mass is 222 g/mol. The maximum Gasteiger partial charge on any atom is 0.341 e. The first-order chi connectivity index (χ1) is 7.74. The van der Waals surface area contributed by atoms with Crippen molar-refractivity contribution in [2.24, 2.45) is 0 Å². The van der Waals surface area contributed by atoms with Gasteiger partial charge >= 0.3 is 5.97 Å². The number of carbonyl (C=O) groups excluding carboxylic acids is 1. The first-order valence-electron chi connectivity index (χ1n) is 5.96. The van der Waals surface area contributed by atoms with E-state index in [1.54, 1.807) is 0 Å². The van der Waals surface area contributed by atoms with Crippen LogP contribution >= 0.6 is 0 Å². The highest BCUT2D eigenvalue weighted by molar-refractivity contribution is 5.92. The molecule has 0 aromatic carbocycles. The molecule has 1 aromatic heterocycles. The molecule has 1 aliphatic carbocycles. The van der Waals surface area contributed by atoms with Crippen molar-refractivity contribution in [2.75, 3.05) is 6.61 Å². The van der Waals surface area contributed by atoms with Crippen LogP contribution in [-0.2, 0) is 4.74 Å². The topological polar surface area (TPSA) is 55.0 Å². The number of carbonyl (C=O) groups is 1. The molecule has 0 saturated heterocycles. The largest absolute Gasteiger partial charge is 0.462 e. The molecule has 1 aliphatic rings. The van der Waals surface area contributed by atoms with Gasteiger partial charge in [0.2, 0.25) is 0 Å². The summed E-state index contributed by atoms with van der Waals surface area (Å²) in [5.41, 5.74) is 2.39. The minimum atomic E-state index is -0.221. The van der Waals surface area contributed by atoms with Crippen LogP contribution in [0.15, 0.2) is 0 Å². The average molecular weight is 222 g/mol. The molecule has 1 N–H and O–H groups in total. The smallest absolute Gasteiger partial charge is 0.341 e. The molecule has 1 heterocycles. The lowest BCUT2D eigenvalue weighted by molar-refractivity contribution is 0.0497. The fraction of sp³-hybridized carbons (Fsp3) is 0.667. The van der Waals surface area contributed by atoms with Gasteiger partial charge in [-0.3, -0.25) is 5.10 Å². The van der Waals surface area contributed by atoms with Gasteiger partial charge in [0.1, 0.15) is 5.56 Å². The van der Waals surface area contributed by atoms with E-state index >= 15 is 0 Å². The van der Waals surface area contributed by atoms with Crippen molar-refractivity contribution in [3.63, 3.8) is 0 Å². The summed E-state index contributed by atoms with van der Waals surface area (Å²) in [6.45, 7) is 4.43. The number of unbranched alkanes of at least 4 members (excludes halogenated alkanes) is 1. The third kappa shape index (κ3) is 2.26. The minimum absolute atomic E-state index is 0.221. The van der Waals surface area contributed by atoms with Crippen LogP contribution in [0, 0.1) is 6.92 Å². The molecule has 0 bridgehead atoms. The number of H-pyrrole nitrogens is 1. The molecule has 0 amide bonds. The molecule has 1 fully saturated rings. The van der Waals surface area contributed by atoms with Gasteiger partial charge in [-0.1, -0.05) is 13.3 Å². The number of hydrogen-bond acceptors (Lipinski definition) is 3. The number of nitrogens with zero attached hydrogens (tertiary/aromatic N) is 1. The van der Waals surface area contributed by atoms with Crippen LogP contribution in [0.3, 0.4) is 0 Å². The number of aromatic nitrogens is 2. The Kier molecular flexibility index (Phi) is 3.27. The first-order valence-corrected chi connectivity index (χ1v) is 5.96. The lowest BCUT2D eigenvalue weighted by Gasteiger charge is -2.04. The molecule has 4 nitrogen and oxygen atoms in total. The Labute approximate surface area is 95.4 Å². The van der Waals surface area contributed by atoms with Gasteiger partial charge in [-0.15, -0.1) is 0 Å². The molecule has 4 heteroatoms. The Morgan fingerprint density at radius 1 is 1.56 bits per heavy atom. The normalized spacial score (nSPS) is 15.1. The van der Waals surface area contributed by atoms with E-state index in [1.165, 1.54) is 0 Å². The Bertz CT molecular complexity index is 380. The van der Waals surface area contributed by atoms with Gasteiger partial charge in [-0.05, 0) is 26.2 Å². The number of aryl methyl sites for hydroxylation is 1. The molecular formula is C12H18N2O2. The van der Waals surface area contributed by atoms with E-state index in [0.29, 0.717) is 18.1 Å². The molecule has 16 heavy (non-hydrogen) atoms. The zero-order valence-electron chi connectivity index (χ0n) is 9.88. The molecule has 2 rings (SSSR count). The van der Waals surface area contributed by atoms with E-state index in [9.17, 15) is 4.79 Å².